The number of aromatic nitrogens is 2. The van der Waals surface area contributed by atoms with E-state index in [0.29, 0.717) is 30.5 Å². The maximum Gasteiger partial charge on any atom is 0.306 e. The third-order valence-corrected chi connectivity index (χ3v) is 4.07. The molecular weight excluding hydrogens is 274 g/mol. The van der Waals surface area contributed by atoms with Gasteiger partial charge in [-0.1, -0.05) is 0 Å². The summed E-state index contributed by atoms with van der Waals surface area (Å²) in [6.07, 6.45) is 1.57. The standard InChI is InChI=1S/C14H19N3O4/c1-7-8(2)16-17(3)13(19)11(7)12(18)15-10-5-4-9(6-10)14(20)21/h9-10H,4-6H2,1-3H3,(H,15,18)(H,20,21). The van der Waals surface area contributed by atoms with E-state index in [2.05, 4.69) is 10.4 Å². The molecule has 1 aromatic heterocycles. The van der Waals surface area contributed by atoms with Gasteiger partial charge in [0.25, 0.3) is 11.5 Å². The summed E-state index contributed by atoms with van der Waals surface area (Å²) in [5.74, 6) is -1.70. The number of hydrogen-bond donors (Lipinski definition) is 2. The number of carboxylic acids is 1. The summed E-state index contributed by atoms with van der Waals surface area (Å²) < 4.78 is 1.14. The zero-order valence-corrected chi connectivity index (χ0v) is 12.3. The van der Waals surface area contributed by atoms with Crippen molar-refractivity contribution in [2.75, 3.05) is 0 Å². The lowest BCUT2D eigenvalue weighted by molar-refractivity contribution is -0.141. The van der Waals surface area contributed by atoms with Crippen molar-refractivity contribution < 1.29 is 14.7 Å². The Kier molecular flexibility index (Phi) is 4.11. The first-order chi connectivity index (χ1) is 9.81. The smallest absolute Gasteiger partial charge is 0.306 e. The monoisotopic (exact) mass is 293 g/mol. The van der Waals surface area contributed by atoms with Gasteiger partial charge in [-0.25, -0.2) is 4.68 Å². The molecule has 1 aromatic rings. The summed E-state index contributed by atoms with van der Waals surface area (Å²) in [5.41, 5.74) is 0.827. The fraction of sp³-hybridized carbons (Fsp3) is 0.571. The number of aliphatic carboxylic acids is 1. The highest BCUT2D eigenvalue weighted by atomic mass is 16.4. The fourth-order valence-corrected chi connectivity index (χ4v) is 2.71. The number of rotatable bonds is 3. The van der Waals surface area contributed by atoms with Crippen molar-refractivity contribution in [1.82, 2.24) is 15.1 Å². The highest BCUT2D eigenvalue weighted by molar-refractivity contribution is 5.95. The summed E-state index contributed by atoms with van der Waals surface area (Å²) in [7, 11) is 1.50. The Hall–Kier alpha value is -2.18. The van der Waals surface area contributed by atoms with Crippen LogP contribution in [0.4, 0.5) is 0 Å². The Labute approximate surface area is 122 Å². The van der Waals surface area contributed by atoms with Gasteiger partial charge in [-0.3, -0.25) is 14.4 Å². The minimum Gasteiger partial charge on any atom is -0.481 e. The van der Waals surface area contributed by atoms with E-state index < -0.39 is 23.4 Å². The van der Waals surface area contributed by atoms with Crippen molar-refractivity contribution in [2.24, 2.45) is 13.0 Å². The predicted molar refractivity (Wildman–Crippen MR) is 75.2 cm³/mol. The largest absolute Gasteiger partial charge is 0.481 e. The molecule has 2 unspecified atom stereocenters. The van der Waals surface area contributed by atoms with Crippen LogP contribution in [0.2, 0.25) is 0 Å². The normalized spacial score (nSPS) is 21.3. The summed E-state index contributed by atoms with van der Waals surface area (Å²) in [6, 6.07) is -0.198. The zero-order valence-electron chi connectivity index (χ0n) is 12.3. The molecule has 1 amide bonds. The van der Waals surface area contributed by atoms with Crippen molar-refractivity contribution in [1.29, 1.82) is 0 Å². The van der Waals surface area contributed by atoms with E-state index in [4.69, 9.17) is 5.11 Å². The molecule has 0 saturated heterocycles. The lowest BCUT2D eigenvalue weighted by atomic mass is 10.1. The molecule has 1 saturated carbocycles. The molecule has 1 fully saturated rings. The van der Waals surface area contributed by atoms with Gasteiger partial charge in [-0.15, -0.1) is 0 Å². The molecule has 2 N–H and O–H groups in total. The molecular formula is C14H19N3O4. The maximum atomic E-state index is 12.3. The third kappa shape index (κ3) is 2.96. The van der Waals surface area contributed by atoms with Gasteiger partial charge in [-0.05, 0) is 38.7 Å². The van der Waals surface area contributed by atoms with Crippen LogP contribution in [-0.2, 0) is 11.8 Å². The summed E-state index contributed by atoms with van der Waals surface area (Å²) in [6.45, 7) is 3.43. The van der Waals surface area contributed by atoms with Gasteiger partial charge in [0, 0.05) is 13.1 Å². The van der Waals surface area contributed by atoms with Crippen LogP contribution in [0.3, 0.4) is 0 Å². The molecule has 2 atom stereocenters. The van der Waals surface area contributed by atoms with Crippen LogP contribution in [0.5, 0.6) is 0 Å². The number of carboxylic acid groups (broad SMARTS) is 1. The first-order valence-electron chi connectivity index (χ1n) is 6.89. The molecule has 0 aromatic carbocycles. The Morgan fingerprint density at radius 3 is 2.57 bits per heavy atom. The van der Waals surface area contributed by atoms with Crippen molar-refractivity contribution in [3.8, 4) is 0 Å². The first kappa shape index (κ1) is 15.2. The van der Waals surface area contributed by atoms with Gasteiger partial charge in [-0.2, -0.15) is 5.10 Å². The van der Waals surface area contributed by atoms with Gasteiger partial charge >= 0.3 is 5.97 Å². The number of amides is 1. The minimum atomic E-state index is -0.835. The Bertz CT molecular complexity index is 650. The molecule has 1 aliphatic rings. The van der Waals surface area contributed by atoms with Crippen LogP contribution in [0.25, 0.3) is 0 Å². The third-order valence-electron chi connectivity index (χ3n) is 4.07. The lowest BCUT2D eigenvalue weighted by Gasteiger charge is -2.14. The van der Waals surface area contributed by atoms with Gasteiger partial charge in [0.1, 0.15) is 5.56 Å². The van der Waals surface area contributed by atoms with E-state index in [1.807, 2.05) is 0 Å². The SMILES string of the molecule is Cc1nn(C)c(=O)c(C(=O)NC2CCC(C(=O)O)C2)c1C. The summed E-state index contributed by atoms with van der Waals surface area (Å²) in [4.78, 5) is 35.3. The molecule has 1 aliphatic carbocycles. The van der Waals surface area contributed by atoms with Crippen molar-refractivity contribution in [3.05, 3.63) is 27.2 Å². The molecule has 2 rings (SSSR count). The van der Waals surface area contributed by atoms with E-state index >= 15 is 0 Å². The zero-order chi connectivity index (χ0) is 15.7. The van der Waals surface area contributed by atoms with E-state index in [9.17, 15) is 14.4 Å². The van der Waals surface area contributed by atoms with Gasteiger partial charge in [0.05, 0.1) is 11.6 Å². The number of nitrogens with one attached hydrogen (secondary N) is 1. The van der Waals surface area contributed by atoms with Crippen LogP contribution in [-0.4, -0.2) is 32.8 Å². The predicted octanol–water partition coefficient (Wildman–Crippen LogP) is 0.380. The van der Waals surface area contributed by atoms with Gasteiger partial charge in [0.2, 0.25) is 0 Å². The van der Waals surface area contributed by atoms with Crippen LogP contribution in [0, 0.1) is 19.8 Å². The molecule has 0 bridgehead atoms. The van der Waals surface area contributed by atoms with E-state index in [1.54, 1.807) is 13.8 Å². The Balaban J connectivity index is 2.19. The lowest BCUT2D eigenvalue weighted by Crippen LogP contribution is -2.39. The second-order valence-corrected chi connectivity index (χ2v) is 5.53. The van der Waals surface area contributed by atoms with Crippen molar-refractivity contribution >= 4 is 11.9 Å². The Morgan fingerprint density at radius 2 is 2.00 bits per heavy atom. The van der Waals surface area contributed by atoms with Crippen LogP contribution in [0.15, 0.2) is 4.79 Å². The molecule has 21 heavy (non-hydrogen) atoms. The number of hydrogen-bond acceptors (Lipinski definition) is 4. The number of carbonyl (C=O) groups is 2. The minimum absolute atomic E-state index is 0.0868. The second kappa shape index (κ2) is 5.67. The quantitative estimate of drug-likeness (QED) is 0.839. The number of aryl methyl sites for hydroxylation is 2. The summed E-state index contributed by atoms with van der Waals surface area (Å²) in [5, 5.41) is 15.8. The van der Waals surface area contributed by atoms with Gasteiger partial charge in [0.15, 0.2) is 0 Å². The second-order valence-electron chi connectivity index (χ2n) is 5.53. The number of nitrogens with zero attached hydrogens (tertiary/aromatic N) is 2. The topological polar surface area (TPSA) is 101 Å². The van der Waals surface area contributed by atoms with Crippen molar-refractivity contribution in [2.45, 2.75) is 39.2 Å². The average Bonchev–Trinajstić information content (AvgIpc) is 2.85. The van der Waals surface area contributed by atoms with Crippen LogP contribution in [0.1, 0.15) is 40.9 Å². The molecule has 114 valence electrons. The van der Waals surface area contributed by atoms with Crippen LogP contribution < -0.4 is 10.9 Å². The first-order valence-corrected chi connectivity index (χ1v) is 6.89. The maximum absolute atomic E-state index is 12.3. The molecule has 7 heteroatoms. The molecule has 0 spiro atoms. The highest BCUT2D eigenvalue weighted by Gasteiger charge is 2.31. The molecule has 0 aliphatic heterocycles. The number of carbonyl (C=O) groups excluding carboxylic acids is 1. The molecule has 1 heterocycles. The van der Waals surface area contributed by atoms with E-state index in [-0.39, 0.29) is 11.6 Å². The fourth-order valence-electron chi connectivity index (χ4n) is 2.71. The molecule has 7 nitrogen and oxygen atoms in total. The Morgan fingerprint density at radius 1 is 1.33 bits per heavy atom. The van der Waals surface area contributed by atoms with Gasteiger partial charge < -0.3 is 10.4 Å². The van der Waals surface area contributed by atoms with E-state index in [1.165, 1.54) is 7.05 Å². The van der Waals surface area contributed by atoms with Crippen molar-refractivity contribution in [3.63, 3.8) is 0 Å². The van der Waals surface area contributed by atoms with E-state index in [0.717, 1.165) is 4.68 Å². The van der Waals surface area contributed by atoms with Crippen LogP contribution >= 0.6 is 0 Å². The molecule has 0 radical (unpaired) electrons. The average molecular weight is 293 g/mol. The summed E-state index contributed by atoms with van der Waals surface area (Å²) >= 11 is 0. The highest BCUT2D eigenvalue weighted by Crippen LogP contribution is 2.25.